The number of benzene rings is 1. The molecule has 0 fully saturated rings. The van der Waals surface area contributed by atoms with Crippen LogP contribution in [0.5, 0.6) is 0 Å². The maximum atomic E-state index is 12.4. The number of pyridine rings is 1. The summed E-state index contributed by atoms with van der Waals surface area (Å²) in [6, 6.07) is 9.72. The molecule has 3 aromatic rings. The zero-order valence-corrected chi connectivity index (χ0v) is 17.3. The lowest BCUT2D eigenvalue weighted by Gasteiger charge is -2.08. The Balaban J connectivity index is 0.00000196. The van der Waals surface area contributed by atoms with Crippen molar-refractivity contribution in [2.24, 2.45) is 0 Å². The fourth-order valence-corrected chi connectivity index (χ4v) is 2.67. The molecular weight excluding hydrogens is 403 g/mol. The van der Waals surface area contributed by atoms with E-state index in [1.807, 2.05) is 37.3 Å². The molecule has 0 saturated carbocycles. The molecule has 0 aliphatic rings. The van der Waals surface area contributed by atoms with Crippen LogP contribution in [0.3, 0.4) is 0 Å². The highest BCUT2D eigenvalue weighted by molar-refractivity contribution is 5.93. The Labute approximate surface area is 175 Å². The van der Waals surface area contributed by atoms with Gasteiger partial charge in [-0.15, -0.1) is 29.9 Å². The van der Waals surface area contributed by atoms with E-state index in [4.69, 9.17) is 4.74 Å². The average Bonchev–Trinajstić information content (AvgIpc) is 3.05. The highest BCUT2D eigenvalue weighted by Crippen LogP contribution is 2.21. The van der Waals surface area contributed by atoms with Crippen LogP contribution < -0.4 is 10.6 Å². The molecule has 1 amide bonds. The third-order valence-electron chi connectivity index (χ3n) is 4.02. The van der Waals surface area contributed by atoms with Crippen molar-refractivity contribution in [3.63, 3.8) is 0 Å². The minimum atomic E-state index is -0.240. The molecule has 8 nitrogen and oxygen atoms in total. The molecule has 152 valence electrons. The summed E-state index contributed by atoms with van der Waals surface area (Å²) in [6.45, 7) is 4.38. The van der Waals surface area contributed by atoms with Crippen molar-refractivity contribution >= 4 is 41.6 Å². The number of rotatable bonds is 8. The normalized spacial score (nSPS) is 10.2. The summed E-state index contributed by atoms with van der Waals surface area (Å²) in [6.07, 6.45) is 1.74. The number of hydrogen-bond acceptors (Lipinski definition) is 6. The van der Waals surface area contributed by atoms with Crippen LogP contribution in [-0.4, -0.2) is 59.2 Å². The van der Waals surface area contributed by atoms with E-state index in [0.29, 0.717) is 31.1 Å². The highest BCUT2D eigenvalue weighted by atomic mass is 35.5. The zero-order chi connectivity index (χ0) is 18.4. The van der Waals surface area contributed by atoms with Crippen LogP contribution >= 0.6 is 24.8 Å². The number of nitrogens with zero attached hydrogens (tertiary/aromatic N) is 4. The third-order valence-corrected chi connectivity index (χ3v) is 4.02. The standard InChI is InChI=1S/C18H22N6O2.2ClH/c1-13-16(18(25)21-10-9-19-11-12-26-2)22-23-24(13)15-7-3-5-14-6-4-8-20-17(14)15;;/h3-8,19H,9-12H2,1-2H3,(H,21,25);2*1H. The van der Waals surface area contributed by atoms with Gasteiger partial charge < -0.3 is 15.4 Å². The largest absolute Gasteiger partial charge is 0.383 e. The number of methoxy groups -OCH3 is 1. The maximum Gasteiger partial charge on any atom is 0.273 e. The van der Waals surface area contributed by atoms with E-state index in [-0.39, 0.29) is 30.7 Å². The molecule has 0 unspecified atom stereocenters. The van der Waals surface area contributed by atoms with E-state index in [9.17, 15) is 4.79 Å². The summed E-state index contributed by atoms with van der Waals surface area (Å²) in [5.74, 6) is -0.240. The predicted octanol–water partition coefficient (Wildman–Crippen LogP) is 1.93. The van der Waals surface area contributed by atoms with Gasteiger partial charge in [-0.1, -0.05) is 23.4 Å². The van der Waals surface area contributed by atoms with Crippen LogP contribution in [0, 0.1) is 6.92 Å². The summed E-state index contributed by atoms with van der Waals surface area (Å²) in [4.78, 5) is 16.8. The molecule has 2 aromatic heterocycles. The number of ether oxygens (including phenoxy) is 1. The van der Waals surface area contributed by atoms with Gasteiger partial charge in [0.15, 0.2) is 5.69 Å². The van der Waals surface area contributed by atoms with E-state index in [2.05, 4.69) is 25.9 Å². The van der Waals surface area contributed by atoms with Crippen molar-refractivity contribution < 1.29 is 9.53 Å². The van der Waals surface area contributed by atoms with Gasteiger partial charge in [-0.25, -0.2) is 4.68 Å². The monoisotopic (exact) mass is 426 g/mol. The van der Waals surface area contributed by atoms with Crippen LogP contribution in [0.4, 0.5) is 0 Å². The van der Waals surface area contributed by atoms with Gasteiger partial charge in [-0.05, 0) is 19.1 Å². The molecule has 10 heteroatoms. The molecule has 2 N–H and O–H groups in total. The van der Waals surface area contributed by atoms with Crippen LogP contribution in [0.1, 0.15) is 16.2 Å². The van der Waals surface area contributed by atoms with Gasteiger partial charge >= 0.3 is 0 Å². The zero-order valence-electron chi connectivity index (χ0n) is 15.7. The van der Waals surface area contributed by atoms with Crippen LogP contribution in [-0.2, 0) is 4.74 Å². The molecule has 0 saturated heterocycles. The SMILES string of the molecule is COCCNCCNC(=O)c1nnn(-c2cccc3cccnc23)c1C.Cl.Cl. The second-order valence-corrected chi connectivity index (χ2v) is 5.79. The van der Waals surface area contributed by atoms with Gasteiger partial charge in [0.2, 0.25) is 0 Å². The lowest BCUT2D eigenvalue weighted by atomic mass is 10.2. The van der Waals surface area contributed by atoms with Gasteiger partial charge in [0.05, 0.1) is 23.5 Å². The average molecular weight is 427 g/mol. The molecule has 0 atom stereocenters. The second kappa shape index (κ2) is 11.6. The number of hydrogen-bond donors (Lipinski definition) is 2. The quantitative estimate of drug-likeness (QED) is 0.534. The van der Waals surface area contributed by atoms with Crippen molar-refractivity contribution in [3.8, 4) is 5.69 Å². The number of halogens is 2. The maximum absolute atomic E-state index is 12.4. The minimum absolute atomic E-state index is 0. The Bertz CT molecular complexity index is 897. The Morgan fingerprint density at radius 2 is 1.93 bits per heavy atom. The van der Waals surface area contributed by atoms with Crippen molar-refractivity contribution in [1.29, 1.82) is 0 Å². The molecule has 0 bridgehead atoms. The summed E-state index contributed by atoms with van der Waals surface area (Å²) < 4.78 is 6.61. The van der Waals surface area contributed by atoms with Crippen LogP contribution in [0.15, 0.2) is 36.5 Å². The summed E-state index contributed by atoms with van der Waals surface area (Å²) in [5, 5.41) is 15.2. The first-order valence-electron chi connectivity index (χ1n) is 8.46. The molecule has 3 rings (SSSR count). The smallest absolute Gasteiger partial charge is 0.273 e. The van der Waals surface area contributed by atoms with Gasteiger partial charge in [0.1, 0.15) is 0 Å². The first-order valence-corrected chi connectivity index (χ1v) is 8.46. The molecule has 28 heavy (non-hydrogen) atoms. The Morgan fingerprint density at radius 3 is 2.71 bits per heavy atom. The van der Waals surface area contributed by atoms with E-state index in [1.165, 1.54) is 0 Å². The number of fused-ring (bicyclic) bond motifs is 1. The fourth-order valence-electron chi connectivity index (χ4n) is 2.67. The van der Waals surface area contributed by atoms with Gasteiger partial charge in [0, 0.05) is 38.3 Å². The number of nitrogens with one attached hydrogen (secondary N) is 2. The summed E-state index contributed by atoms with van der Waals surface area (Å²) >= 11 is 0. The number of aromatic nitrogens is 4. The van der Waals surface area contributed by atoms with E-state index < -0.39 is 0 Å². The second-order valence-electron chi connectivity index (χ2n) is 5.79. The fraction of sp³-hybridized carbons (Fsp3) is 0.333. The Morgan fingerprint density at radius 1 is 1.14 bits per heavy atom. The molecule has 0 aliphatic heterocycles. The van der Waals surface area contributed by atoms with Crippen LogP contribution in [0.2, 0.25) is 0 Å². The number of carbonyl (C=O) groups is 1. The molecular formula is C18H24Cl2N6O2. The van der Waals surface area contributed by atoms with Crippen molar-refractivity contribution in [2.75, 3.05) is 33.4 Å². The van der Waals surface area contributed by atoms with Gasteiger partial charge in [-0.2, -0.15) is 0 Å². The van der Waals surface area contributed by atoms with E-state index in [0.717, 1.165) is 23.1 Å². The molecule has 2 heterocycles. The van der Waals surface area contributed by atoms with Gasteiger partial charge in [0.25, 0.3) is 5.91 Å². The number of carbonyl (C=O) groups excluding carboxylic acids is 1. The third kappa shape index (κ3) is 5.39. The van der Waals surface area contributed by atoms with Crippen molar-refractivity contribution in [3.05, 3.63) is 47.9 Å². The van der Waals surface area contributed by atoms with E-state index >= 15 is 0 Å². The first-order chi connectivity index (χ1) is 12.7. The predicted molar refractivity (Wildman–Crippen MR) is 113 cm³/mol. The summed E-state index contributed by atoms with van der Waals surface area (Å²) in [5.41, 5.74) is 2.61. The molecule has 0 aliphatic carbocycles. The number of para-hydroxylation sites is 1. The number of amides is 1. The Hall–Kier alpha value is -2.26. The van der Waals surface area contributed by atoms with Crippen molar-refractivity contribution in [1.82, 2.24) is 30.6 Å². The molecule has 0 radical (unpaired) electrons. The van der Waals surface area contributed by atoms with Gasteiger partial charge in [-0.3, -0.25) is 9.78 Å². The molecule has 1 aromatic carbocycles. The lowest BCUT2D eigenvalue weighted by molar-refractivity contribution is 0.0948. The lowest BCUT2D eigenvalue weighted by Crippen LogP contribution is -2.33. The first kappa shape index (κ1) is 23.8. The summed E-state index contributed by atoms with van der Waals surface area (Å²) in [7, 11) is 1.65. The van der Waals surface area contributed by atoms with Crippen molar-refractivity contribution in [2.45, 2.75) is 6.92 Å². The highest BCUT2D eigenvalue weighted by Gasteiger charge is 2.18. The topological polar surface area (TPSA) is 94.0 Å². The van der Waals surface area contributed by atoms with E-state index in [1.54, 1.807) is 18.0 Å². The molecule has 0 spiro atoms. The minimum Gasteiger partial charge on any atom is -0.383 e. The Kier molecular flexibility index (Phi) is 9.81. The van der Waals surface area contributed by atoms with Crippen LogP contribution in [0.25, 0.3) is 16.6 Å².